The highest BCUT2D eigenvalue weighted by Gasteiger charge is 2.21. The molecule has 8 heteroatoms. The van der Waals surface area contributed by atoms with Crippen LogP contribution in [0, 0.1) is 0 Å². The van der Waals surface area contributed by atoms with E-state index in [2.05, 4.69) is 10.3 Å². The number of aliphatic hydroxyl groups is 2. The van der Waals surface area contributed by atoms with Crippen molar-refractivity contribution in [2.45, 2.75) is 26.0 Å². The van der Waals surface area contributed by atoms with Gasteiger partial charge in [0, 0.05) is 10.8 Å². The van der Waals surface area contributed by atoms with Crippen LogP contribution in [0.1, 0.15) is 24.3 Å². The zero-order valence-corrected chi connectivity index (χ0v) is 14.0. The highest BCUT2D eigenvalue weighted by molar-refractivity contribution is 6.35. The number of pyridine rings is 1. The van der Waals surface area contributed by atoms with E-state index in [1.165, 1.54) is 0 Å². The van der Waals surface area contributed by atoms with E-state index in [0.29, 0.717) is 16.5 Å². The monoisotopic (exact) mass is 354 g/mol. The molecule has 0 saturated heterocycles. The van der Waals surface area contributed by atoms with Crippen LogP contribution in [0.15, 0.2) is 18.2 Å². The summed E-state index contributed by atoms with van der Waals surface area (Å²) in [5.74, 6) is -0.511. The molecule has 24 heavy (non-hydrogen) atoms. The lowest BCUT2D eigenvalue weighted by atomic mass is 10.1. The number of rotatable bonds is 6. The Balaban J connectivity index is 2.44. The van der Waals surface area contributed by atoms with Crippen LogP contribution in [-0.4, -0.2) is 51.6 Å². The molecule has 2 rings (SSSR count). The molecular weight excluding hydrogens is 336 g/mol. The third-order valence-electron chi connectivity index (χ3n) is 3.27. The van der Waals surface area contributed by atoms with Crippen molar-refractivity contribution in [1.82, 2.24) is 10.3 Å². The topological polar surface area (TPSA) is 112 Å². The number of carbonyl (C=O) groups excluding carboxylic acids is 1. The van der Waals surface area contributed by atoms with Gasteiger partial charge in [-0.25, -0.2) is 4.98 Å². The number of fused-ring (bicyclic) bond motifs is 1. The average Bonchev–Trinajstić information content (AvgIpc) is 2.55. The summed E-state index contributed by atoms with van der Waals surface area (Å²) in [4.78, 5) is 16.1. The number of amides is 1. The molecule has 0 saturated carbocycles. The van der Waals surface area contributed by atoms with Crippen LogP contribution in [-0.2, 0) is 0 Å². The molecule has 1 amide bonds. The summed E-state index contributed by atoms with van der Waals surface area (Å²) < 4.78 is 5.57. The van der Waals surface area contributed by atoms with E-state index < -0.39 is 25.2 Å². The first-order valence-corrected chi connectivity index (χ1v) is 7.76. The minimum Gasteiger partial charge on any atom is -0.505 e. The first-order valence-electron chi connectivity index (χ1n) is 7.38. The molecule has 2 aromatic rings. The Labute approximate surface area is 143 Å². The van der Waals surface area contributed by atoms with E-state index in [9.17, 15) is 9.90 Å². The molecule has 0 unspecified atom stereocenters. The highest BCUT2D eigenvalue weighted by Crippen LogP contribution is 2.34. The van der Waals surface area contributed by atoms with Crippen LogP contribution >= 0.6 is 11.6 Å². The number of aliphatic hydroxyl groups excluding tert-OH is 2. The second-order valence-corrected chi connectivity index (χ2v) is 5.87. The Kier molecular flexibility index (Phi) is 5.82. The number of aromatic hydroxyl groups is 1. The van der Waals surface area contributed by atoms with E-state index in [1.807, 2.05) is 13.8 Å². The molecule has 0 atom stereocenters. The largest absolute Gasteiger partial charge is 0.505 e. The number of hydrogen-bond acceptors (Lipinski definition) is 6. The fourth-order valence-electron chi connectivity index (χ4n) is 2.15. The molecule has 0 aliphatic carbocycles. The molecule has 130 valence electrons. The molecule has 1 aromatic heterocycles. The van der Waals surface area contributed by atoms with Gasteiger partial charge in [-0.05, 0) is 32.0 Å². The molecule has 0 fully saturated rings. The molecular formula is C16H19ClN2O5. The quantitative estimate of drug-likeness (QED) is 0.584. The summed E-state index contributed by atoms with van der Waals surface area (Å²) >= 11 is 6.13. The lowest BCUT2D eigenvalue weighted by Gasteiger charge is -2.15. The molecule has 0 radical (unpaired) electrons. The van der Waals surface area contributed by atoms with Gasteiger partial charge in [-0.2, -0.15) is 0 Å². The fraction of sp³-hybridized carbons (Fsp3) is 0.375. The Hall–Kier alpha value is -2.09. The standard InChI is InChI=1S/C16H19ClN2O5/c1-8(2)24-10-3-4-11-12(5-10)15(17)19-13(14(11)22)16(23)18-9(6-20)7-21/h3-5,8-9,20-22H,6-7H2,1-2H3,(H,18,23). The van der Waals surface area contributed by atoms with Gasteiger partial charge >= 0.3 is 0 Å². The van der Waals surface area contributed by atoms with Gasteiger partial charge in [0.25, 0.3) is 5.91 Å². The number of benzene rings is 1. The van der Waals surface area contributed by atoms with Gasteiger partial charge in [-0.1, -0.05) is 11.6 Å². The number of halogens is 1. The van der Waals surface area contributed by atoms with Crippen molar-refractivity contribution in [2.75, 3.05) is 13.2 Å². The molecule has 0 bridgehead atoms. The summed E-state index contributed by atoms with van der Waals surface area (Å²) in [7, 11) is 0. The van der Waals surface area contributed by atoms with Gasteiger partial charge in [0.1, 0.15) is 10.9 Å². The normalized spacial score (nSPS) is 11.3. The predicted molar refractivity (Wildman–Crippen MR) is 89.6 cm³/mol. The molecule has 0 spiro atoms. The third-order valence-corrected chi connectivity index (χ3v) is 3.55. The van der Waals surface area contributed by atoms with Gasteiger partial charge in [0.15, 0.2) is 11.4 Å². The molecule has 0 aliphatic rings. The summed E-state index contributed by atoms with van der Waals surface area (Å²) in [6.45, 7) is 2.88. The van der Waals surface area contributed by atoms with Gasteiger partial charge in [0.2, 0.25) is 0 Å². The summed E-state index contributed by atoms with van der Waals surface area (Å²) in [5.41, 5.74) is -0.281. The lowest BCUT2D eigenvalue weighted by molar-refractivity contribution is 0.0872. The predicted octanol–water partition coefficient (Wildman–Crippen LogP) is 1.46. The van der Waals surface area contributed by atoms with Gasteiger partial charge in [-0.3, -0.25) is 4.79 Å². The first kappa shape index (κ1) is 18.3. The number of ether oxygens (including phenoxy) is 1. The Bertz CT molecular complexity index is 747. The van der Waals surface area contributed by atoms with Crippen molar-refractivity contribution in [2.24, 2.45) is 0 Å². The highest BCUT2D eigenvalue weighted by atomic mass is 35.5. The second-order valence-electron chi connectivity index (χ2n) is 5.51. The number of hydrogen-bond donors (Lipinski definition) is 4. The maximum atomic E-state index is 12.2. The van der Waals surface area contributed by atoms with Crippen molar-refractivity contribution in [1.29, 1.82) is 0 Å². The smallest absolute Gasteiger partial charge is 0.274 e. The zero-order valence-electron chi connectivity index (χ0n) is 13.3. The maximum Gasteiger partial charge on any atom is 0.274 e. The Morgan fingerprint density at radius 2 is 1.96 bits per heavy atom. The minimum absolute atomic E-state index is 0.0262. The SMILES string of the molecule is CC(C)Oc1ccc2c(O)c(C(=O)NC(CO)CO)nc(Cl)c2c1. The van der Waals surface area contributed by atoms with E-state index in [4.69, 9.17) is 26.6 Å². The number of nitrogens with one attached hydrogen (secondary N) is 1. The van der Waals surface area contributed by atoms with Crippen LogP contribution < -0.4 is 10.1 Å². The van der Waals surface area contributed by atoms with Crippen LogP contribution in [0.5, 0.6) is 11.5 Å². The van der Waals surface area contributed by atoms with Crippen molar-refractivity contribution in [3.63, 3.8) is 0 Å². The van der Waals surface area contributed by atoms with Crippen molar-refractivity contribution >= 4 is 28.3 Å². The van der Waals surface area contributed by atoms with Crippen LogP contribution in [0.2, 0.25) is 5.15 Å². The molecule has 1 aromatic carbocycles. The Morgan fingerprint density at radius 3 is 2.54 bits per heavy atom. The number of nitrogens with zero attached hydrogens (tertiary/aromatic N) is 1. The first-order chi connectivity index (χ1) is 11.4. The van der Waals surface area contributed by atoms with Crippen LogP contribution in [0.25, 0.3) is 10.8 Å². The van der Waals surface area contributed by atoms with E-state index in [1.54, 1.807) is 18.2 Å². The summed E-state index contributed by atoms with van der Waals surface area (Å²) in [5, 5.41) is 31.6. The van der Waals surface area contributed by atoms with Crippen LogP contribution in [0.4, 0.5) is 0 Å². The van der Waals surface area contributed by atoms with E-state index in [-0.39, 0.29) is 22.7 Å². The van der Waals surface area contributed by atoms with Gasteiger partial charge < -0.3 is 25.4 Å². The maximum absolute atomic E-state index is 12.2. The second kappa shape index (κ2) is 7.65. The van der Waals surface area contributed by atoms with Crippen molar-refractivity contribution in [3.8, 4) is 11.5 Å². The summed E-state index contributed by atoms with van der Waals surface area (Å²) in [6.07, 6.45) is -0.0262. The molecule has 7 nitrogen and oxygen atoms in total. The van der Waals surface area contributed by atoms with Gasteiger partial charge in [0.05, 0.1) is 25.4 Å². The van der Waals surface area contributed by atoms with Gasteiger partial charge in [-0.15, -0.1) is 0 Å². The van der Waals surface area contributed by atoms with E-state index >= 15 is 0 Å². The number of carbonyl (C=O) groups is 1. The fourth-order valence-corrected chi connectivity index (χ4v) is 2.39. The molecule has 1 heterocycles. The molecule has 4 N–H and O–H groups in total. The minimum atomic E-state index is -0.852. The van der Waals surface area contributed by atoms with Crippen LogP contribution in [0.3, 0.4) is 0 Å². The number of aromatic nitrogens is 1. The average molecular weight is 355 g/mol. The van der Waals surface area contributed by atoms with Crippen molar-refractivity contribution < 1.29 is 24.9 Å². The zero-order chi connectivity index (χ0) is 17.9. The molecule has 0 aliphatic heterocycles. The van der Waals surface area contributed by atoms with Crippen molar-refractivity contribution in [3.05, 3.63) is 29.0 Å². The third kappa shape index (κ3) is 3.87. The van der Waals surface area contributed by atoms with E-state index in [0.717, 1.165) is 0 Å². The Morgan fingerprint density at radius 1 is 1.29 bits per heavy atom. The lowest BCUT2D eigenvalue weighted by Crippen LogP contribution is -2.40. The summed E-state index contributed by atoms with van der Waals surface area (Å²) in [6, 6.07) is 4.03.